The van der Waals surface area contributed by atoms with Crippen molar-refractivity contribution in [3.05, 3.63) is 4.91 Å². The molecule has 0 bridgehead atoms. The van der Waals surface area contributed by atoms with Gasteiger partial charge in [0.2, 0.25) is 0 Å². The van der Waals surface area contributed by atoms with E-state index in [9.17, 15) is 0 Å². The van der Waals surface area contributed by atoms with Crippen LogP contribution < -0.4 is 0 Å². The maximum atomic E-state index is 9.12. The SMILES string of the molecule is O=NN=C(Br)Br. The first kappa shape index (κ1) is 6.23. The van der Waals surface area contributed by atoms with Crippen LogP contribution in [0.4, 0.5) is 0 Å². The summed E-state index contributed by atoms with van der Waals surface area (Å²) in [4.78, 5) is 9.12. The van der Waals surface area contributed by atoms with Crippen LogP contribution in [0.3, 0.4) is 0 Å². The van der Waals surface area contributed by atoms with Crippen molar-refractivity contribution in [3.63, 3.8) is 0 Å². The Morgan fingerprint density at radius 1 is 1.50 bits per heavy atom. The fraction of sp³-hybridized carbons (Fsp3) is 0. The molecular weight excluding hydrogens is 216 g/mol. The first-order chi connectivity index (χ1) is 2.77. The van der Waals surface area contributed by atoms with Crippen LogP contribution in [0.1, 0.15) is 0 Å². The van der Waals surface area contributed by atoms with Crippen molar-refractivity contribution in [2.75, 3.05) is 0 Å². The highest BCUT2D eigenvalue weighted by Gasteiger charge is 1.75. The lowest BCUT2D eigenvalue weighted by Crippen LogP contribution is -1.57. The smallest absolute Gasteiger partial charge is 0.123 e. The van der Waals surface area contributed by atoms with Crippen LogP contribution >= 0.6 is 31.9 Å². The molecule has 0 aliphatic rings. The molecule has 3 nitrogen and oxygen atoms in total. The van der Waals surface area contributed by atoms with E-state index in [1.54, 1.807) is 0 Å². The van der Waals surface area contributed by atoms with Crippen LogP contribution in [0.5, 0.6) is 0 Å². The van der Waals surface area contributed by atoms with Gasteiger partial charge in [-0.2, -0.15) is 0 Å². The Morgan fingerprint density at radius 2 is 2.00 bits per heavy atom. The molecule has 0 aliphatic heterocycles. The summed E-state index contributed by atoms with van der Waals surface area (Å²) >= 11 is 5.61. The van der Waals surface area contributed by atoms with E-state index in [2.05, 4.69) is 42.2 Å². The number of nitrogens with zero attached hydrogens (tertiary/aromatic N) is 2. The van der Waals surface area contributed by atoms with Crippen molar-refractivity contribution in [1.82, 2.24) is 0 Å². The lowest BCUT2D eigenvalue weighted by Gasteiger charge is -1.65. The van der Waals surface area contributed by atoms with Gasteiger partial charge in [-0.15, -0.1) is 4.91 Å². The van der Waals surface area contributed by atoms with E-state index in [4.69, 9.17) is 4.91 Å². The zero-order valence-electron chi connectivity index (χ0n) is 2.56. The quantitative estimate of drug-likeness (QED) is 0.374. The van der Waals surface area contributed by atoms with E-state index >= 15 is 0 Å². The standard InChI is InChI=1S/CBr2N2O/c2-1(3)4-5-6. The van der Waals surface area contributed by atoms with Gasteiger partial charge in [-0.3, -0.25) is 0 Å². The van der Waals surface area contributed by atoms with Crippen molar-refractivity contribution in [2.24, 2.45) is 10.4 Å². The molecule has 0 atom stereocenters. The van der Waals surface area contributed by atoms with Crippen molar-refractivity contribution in [2.45, 2.75) is 0 Å². The fourth-order valence-electron chi connectivity index (χ4n) is 0.0309. The van der Waals surface area contributed by atoms with E-state index in [1.165, 1.54) is 0 Å². The minimum Gasteiger partial charge on any atom is -0.123 e. The van der Waals surface area contributed by atoms with E-state index in [1.807, 2.05) is 0 Å². The lowest BCUT2D eigenvalue weighted by atomic mass is 11.7. The van der Waals surface area contributed by atoms with Gasteiger partial charge in [0.1, 0.15) is 0 Å². The molecule has 0 heterocycles. The number of rotatable bonds is 1. The van der Waals surface area contributed by atoms with Crippen LogP contribution in [0, 0.1) is 4.91 Å². The molecule has 0 radical (unpaired) electrons. The highest BCUT2D eigenvalue weighted by Crippen LogP contribution is 1.96. The lowest BCUT2D eigenvalue weighted by molar-refractivity contribution is 1.24. The number of halogens is 2. The average molecular weight is 216 g/mol. The topological polar surface area (TPSA) is 41.8 Å². The van der Waals surface area contributed by atoms with E-state index in [0.29, 0.717) is 3.53 Å². The van der Waals surface area contributed by atoms with Gasteiger partial charge >= 0.3 is 0 Å². The van der Waals surface area contributed by atoms with Crippen LogP contribution in [-0.2, 0) is 0 Å². The second kappa shape index (κ2) is 3.42. The Balaban J connectivity index is 3.41. The number of hydrogen-bond acceptors (Lipinski definition) is 2. The molecular formula is CBr2N2O. The molecule has 0 amide bonds. The minimum absolute atomic E-state index is 0.310. The Bertz CT molecular complexity index is 75.6. The summed E-state index contributed by atoms with van der Waals surface area (Å²) in [6, 6.07) is 0. The molecule has 0 saturated heterocycles. The Morgan fingerprint density at radius 3 is 2.00 bits per heavy atom. The Kier molecular flexibility index (Phi) is 3.55. The summed E-state index contributed by atoms with van der Waals surface area (Å²) in [5.41, 5.74) is 0. The Labute approximate surface area is 51.0 Å². The fourth-order valence-corrected chi connectivity index (χ4v) is 0.160. The highest BCUT2D eigenvalue weighted by atomic mass is 79.9. The van der Waals surface area contributed by atoms with Crippen LogP contribution in [0.15, 0.2) is 10.4 Å². The molecule has 0 N–H and O–H groups in total. The molecule has 0 aromatic heterocycles. The van der Waals surface area contributed by atoms with Crippen LogP contribution in [0.2, 0.25) is 0 Å². The first-order valence-electron chi connectivity index (χ1n) is 0.984. The van der Waals surface area contributed by atoms with Gasteiger partial charge in [0.25, 0.3) is 0 Å². The molecule has 0 aliphatic carbocycles. The zero-order valence-corrected chi connectivity index (χ0v) is 5.73. The minimum atomic E-state index is 0.310. The molecule has 5 heteroatoms. The van der Waals surface area contributed by atoms with Crippen LogP contribution in [-0.4, -0.2) is 3.53 Å². The third kappa shape index (κ3) is 4.23. The molecule has 0 saturated carbocycles. The van der Waals surface area contributed by atoms with Crippen molar-refractivity contribution in [3.8, 4) is 0 Å². The average Bonchev–Trinajstić information content (AvgIpc) is 1.35. The summed E-state index contributed by atoms with van der Waals surface area (Å²) in [7, 11) is 0. The molecule has 0 fully saturated rings. The summed E-state index contributed by atoms with van der Waals surface area (Å²) in [5.74, 6) is 0. The van der Waals surface area contributed by atoms with E-state index < -0.39 is 0 Å². The van der Waals surface area contributed by atoms with Crippen molar-refractivity contribution < 1.29 is 0 Å². The largest absolute Gasteiger partial charge is 0.174 e. The van der Waals surface area contributed by atoms with Gasteiger partial charge in [0.05, 0.1) is 5.29 Å². The monoisotopic (exact) mass is 214 g/mol. The molecule has 0 unspecified atom stereocenters. The summed E-state index contributed by atoms with van der Waals surface area (Å²) < 4.78 is 0.310. The number of nitroso groups, excluding NO2 is 1. The summed E-state index contributed by atoms with van der Waals surface area (Å²) in [6.07, 6.45) is 0. The molecule has 0 spiro atoms. The zero-order chi connectivity index (χ0) is 4.99. The highest BCUT2D eigenvalue weighted by molar-refractivity contribution is 9.39. The van der Waals surface area contributed by atoms with Gasteiger partial charge in [-0.25, -0.2) is 0 Å². The van der Waals surface area contributed by atoms with Crippen molar-refractivity contribution in [1.29, 1.82) is 0 Å². The normalized spacial score (nSPS) is 7.00. The molecule has 6 heavy (non-hydrogen) atoms. The number of hydrogen-bond donors (Lipinski definition) is 0. The van der Waals surface area contributed by atoms with E-state index in [-0.39, 0.29) is 0 Å². The summed E-state index contributed by atoms with van der Waals surface area (Å²) in [6.45, 7) is 0. The second-order valence-electron chi connectivity index (χ2n) is 0.422. The predicted octanol–water partition coefficient (Wildman–Crippen LogP) is 1.81. The summed E-state index contributed by atoms with van der Waals surface area (Å²) in [5, 5.41) is 5.12. The van der Waals surface area contributed by atoms with Gasteiger partial charge < -0.3 is 0 Å². The second-order valence-corrected chi connectivity index (χ2v) is 2.99. The van der Waals surface area contributed by atoms with Crippen LogP contribution in [0.25, 0.3) is 0 Å². The molecule has 0 rings (SSSR count). The third-order valence-electron chi connectivity index (χ3n) is 0.116. The van der Waals surface area contributed by atoms with Gasteiger partial charge in [-0.1, -0.05) is 5.10 Å². The Hall–Kier alpha value is 0.230. The first-order valence-corrected chi connectivity index (χ1v) is 2.57. The van der Waals surface area contributed by atoms with Gasteiger partial charge in [-0.05, 0) is 31.9 Å². The molecule has 34 valence electrons. The molecule has 0 aromatic carbocycles. The van der Waals surface area contributed by atoms with E-state index in [0.717, 1.165) is 0 Å². The van der Waals surface area contributed by atoms with Crippen molar-refractivity contribution >= 4 is 35.4 Å². The maximum absolute atomic E-state index is 9.12. The van der Waals surface area contributed by atoms with Gasteiger partial charge in [0, 0.05) is 0 Å². The third-order valence-corrected chi connectivity index (χ3v) is 0.434. The maximum Gasteiger partial charge on any atom is 0.174 e. The predicted molar refractivity (Wildman–Crippen MR) is 31.1 cm³/mol. The van der Waals surface area contributed by atoms with Gasteiger partial charge in [0.15, 0.2) is 3.53 Å². The molecule has 0 aromatic rings.